The Bertz CT molecular complexity index is 375. The molecule has 1 aliphatic heterocycles. The van der Waals surface area contributed by atoms with Gasteiger partial charge in [0.2, 0.25) is 5.91 Å². The van der Waals surface area contributed by atoms with Crippen LogP contribution in [0.25, 0.3) is 0 Å². The molecule has 21 heavy (non-hydrogen) atoms. The van der Waals surface area contributed by atoms with Crippen molar-refractivity contribution in [2.24, 2.45) is 11.7 Å². The summed E-state index contributed by atoms with van der Waals surface area (Å²) >= 11 is 0. The Balaban J connectivity index is 1.91. The van der Waals surface area contributed by atoms with Crippen molar-refractivity contribution in [3.8, 4) is 0 Å². The molecule has 0 aromatic rings. The Kier molecular flexibility index (Phi) is 5.99. The van der Waals surface area contributed by atoms with Crippen LogP contribution in [0.5, 0.6) is 0 Å². The van der Waals surface area contributed by atoms with Crippen LogP contribution in [0.1, 0.15) is 38.5 Å². The number of hydrogen-bond donors (Lipinski definition) is 2. The van der Waals surface area contributed by atoms with E-state index in [0.717, 1.165) is 45.2 Å². The van der Waals surface area contributed by atoms with E-state index in [1.807, 2.05) is 9.80 Å². The van der Waals surface area contributed by atoms with E-state index in [-0.39, 0.29) is 24.4 Å². The molecule has 0 spiro atoms. The molecule has 6 nitrogen and oxygen atoms in total. The number of carboxylic acids is 1. The van der Waals surface area contributed by atoms with E-state index in [1.54, 1.807) is 0 Å². The minimum Gasteiger partial charge on any atom is -0.480 e. The van der Waals surface area contributed by atoms with Crippen LogP contribution in [0.3, 0.4) is 0 Å². The molecular weight excluding hydrogens is 270 g/mol. The fourth-order valence-corrected chi connectivity index (χ4v) is 3.42. The van der Waals surface area contributed by atoms with Crippen LogP contribution in [0.4, 0.5) is 0 Å². The first-order chi connectivity index (χ1) is 10.1. The van der Waals surface area contributed by atoms with E-state index in [0.29, 0.717) is 13.1 Å². The normalized spacial score (nSPS) is 28.7. The van der Waals surface area contributed by atoms with Gasteiger partial charge in [0.1, 0.15) is 0 Å². The van der Waals surface area contributed by atoms with Crippen molar-refractivity contribution in [2.75, 3.05) is 32.7 Å². The minimum absolute atomic E-state index is 0.0154. The molecule has 2 aliphatic rings. The van der Waals surface area contributed by atoms with E-state index in [9.17, 15) is 9.59 Å². The molecule has 0 bridgehead atoms. The third-order valence-corrected chi connectivity index (χ3v) is 4.65. The van der Waals surface area contributed by atoms with E-state index in [2.05, 4.69) is 0 Å². The summed E-state index contributed by atoms with van der Waals surface area (Å²) in [5.74, 6) is -0.666. The third-order valence-electron chi connectivity index (χ3n) is 4.65. The van der Waals surface area contributed by atoms with Crippen LogP contribution in [0.2, 0.25) is 0 Å². The van der Waals surface area contributed by atoms with Gasteiger partial charge in [-0.2, -0.15) is 0 Å². The topological polar surface area (TPSA) is 86.9 Å². The second-order valence-corrected chi connectivity index (χ2v) is 6.26. The lowest BCUT2D eigenvalue weighted by Gasteiger charge is -2.28. The van der Waals surface area contributed by atoms with Crippen LogP contribution in [-0.2, 0) is 9.59 Å². The largest absolute Gasteiger partial charge is 0.480 e. The smallest absolute Gasteiger partial charge is 0.317 e. The molecule has 3 N–H and O–H groups in total. The van der Waals surface area contributed by atoms with Gasteiger partial charge >= 0.3 is 5.97 Å². The van der Waals surface area contributed by atoms with Gasteiger partial charge in [-0.3, -0.25) is 14.5 Å². The van der Waals surface area contributed by atoms with Crippen molar-refractivity contribution in [3.05, 3.63) is 0 Å². The molecule has 1 heterocycles. The van der Waals surface area contributed by atoms with Crippen molar-refractivity contribution in [1.29, 1.82) is 0 Å². The highest BCUT2D eigenvalue weighted by molar-refractivity contribution is 5.79. The molecule has 0 aromatic carbocycles. The first-order valence-corrected chi connectivity index (χ1v) is 8.06. The number of nitrogens with two attached hydrogens (primary N) is 1. The monoisotopic (exact) mass is 297 g/mol. The molecular formula is C15H27N3O3. The summed E-state index contributed by atoms with van der Waals surface area (Å²) in [7, 11) is 0. The Morgan fingerprint density at radius 1 is 1.00 bits per heavy atom. The second kappa shape index (κ2) is 7.75. The average molecular weight is 297 g/mol. The highest BCUT2D eigenvalue weighted by Crippen LogP contribution is 2.24. The molecule has 120 valence electrons. The van der Waals surface area contributed by atoms with Gasteiger partial charge in [0.15, 0.2) is 0 Å². The van der Waals surface area contributed by atoms with Gasteiger partial charge < -0.3 is 15.7 Å². The summed E-state index contributed by atoms with van der Waals surface area (Å²) in [6, 6.07) is -0.0154. The van der Waals surface area contributed by atoms with Crippen LogP contribution in [0, 0.1) is 5.92 Å². The zero-order valence-corrected chi connectivity index (χ0v) is 12.7. The number of nitrogens with zero attached hydrogens (tertiary/aromatic N) is 2. The Labute approximate surface area is 126 Å². The maximum Gasteiger partial charge on any atom is 0.317 e. The fraction of sp³-hybridized carbons (Fsp3) is 0.867. The van der Waals surface area contributed by atoms with Gasteiger partial charge in [-0.15, -0.1) is 0 Å². The lowest BCUT2D eigenvalue weighted by atomic mass is 9.94. The summed E-state index contributed by atoms with van der Waals surface area (Å²) in [5.41, 5.74) is 6.18. The van der Waals surface area contributed by atoms with E-state index >= 15 is 0 Å². The molecule has 1 amide bonds. The van der Waals surface area contributed by atoms with Crippen LogP contribution < -0.4 is 5.73 Å². The lowest BCUT2D eigenvalue weighted by Crippen LogP contribution is -2.45. The van der Waals surface area contributed by atoms with E-state index in [1.165, 1.54) is 6.42 Å². The number of amides is 1. The summed E-state index contributed by atoms with van der Waals surface area (Å²) < 4.78 is 0. The second-order valence-electron chi connectivity index (χ2n) is 6.26. The van der Waals surface area contributed by atoms with Gasteiger partial charge in [0.25, 0.3) is 0 Å². The Hall–Kier alpha value is -1.14. The number of hydrogen-bond acceptors (Lipinski definition) is 4. The maximum absolute atomic E-state index is 12.7. The van der Waals surface area contributed by atoms with Crippen LogP contribution in [-0.4, -0.2) is 65.5 Å². The van der Waals surface area contributed by atoms with Gasteiger partial charge in [-0.25, -0.2) is 0 Å². The molecule has 1 saturated carbocycles. The van der Waals surface area contributed by atoms with Crippen molar-refractivity contribution in [3.63, 3.8) is 0 Å². The Morgan fingerprint density at radius 3 is 2.52 bits per heavy atom. The molecule has 1 saturated heterocycles. The SMILES string of the molecule is NC1CCCCCC1C(=O)N1CCCN(CC(=O)O)CC1. The summed E-state index contributed by atoms with van der Waals surface area (Å²) in [4.78, 5) is 27.3. The molecule has 0 aromatic heterocycles. The van der Waals surface area contributed by atoms with Crippen LogP contribution in [0.15, 0.2) is 0 Å². The lowest BCUT2D eigenvalue weighted by molar-refractivity contribution is -0.138. The quantitative estimate of drug-likeness (QED) is 0.741. The van der Waals surface area contributed by atoms with Gasteiger partial charge in [0, 0.05) is 32.2 Å². The Morgan fingerprint density at radius 2 is 1.76 bits per heavy atom. The summed E-state index contributed by atoms with van der Waals surface area (Å²) in [5, 5.41) is 8.86. The first-order valence-electron chi connectivity index (χ1n) is 8.06. The van der Waals surface area contributed by atoms with Crippen molar-refractivity contribution in [1.82, 2.24) is 9.80 Å². The number of carboxylic acid groups (broad SMARTS) is 1. The number of aliphatic carboxylic acids is 1. The average Bonchev–Trinajstić information content (AvgIpc) is 2.78. The predicted octanol–water partition coefficient (Wildman–Crippen LogP) is 0.513. The van der Waals surface area contributed by atoms with Gasteiger partial charge in [-0.1, -0.05) is 19.3 Å². The zero-order valence-electron chi connectivity index (χ0n) is 12.7. The van der Waals surface area contributed by atoms with Crippen molar-refractivity contribution < 1.29 is 14.7 Å². The maximum atomic E-state index is 12.7. The first kappa shape index (κ1) is 16.2. The molecule has 0 radical (unpaired) electrons. The summed E-state index contributed by atoms with van der Waals surface area (Å²) in [6.45, 7) is 2.78. The van der Waals surface area contributed by atoms with Crippen molar-refractivity contribution >= 4 is 11.9 Å². The third kappa shape index (κ3) is 4.68. The van der Waals surface area contributed by atoms with Gasteiger partial charge in [0.05, 0.1) is 12.5 Å². The number of carbonyl (C=O) groups is 2. The molecule has 1 aliphatic carbocycles. The number of rotatable bonds is 3. The zero-order chi connectivity index (χ0) is 15.2. The molecule has 2 unspecified atom stereocenters. The minimum atomic E-state index is -0.805. The predicted molar refractivity (Wildman–Crippen MR) is 79.8 cm³/mol. The van der Waals surface area contributed by atoms with E-state index < -0.39 is 5.97 Å². The van der Waals surface area contributed by atoms with E-state index in [4.69, 9.17) is 10.8 Å². The highest BCUT2D eigenvalue weighted by atomic mass is 16.4. The molecule has 2 rings (SSSR count). The van der Waals surface area contributed by atoms with Crippen molar-refractivity contribution in [2.45, 2.75) is 44.6 Å². The highest BCUT2D eigenvalue weighted by Gasteiger charge is 2.31. The standard InChI is InChI=1S/C15H27N3O3/c16-13-6-3-1-2-5-12(13)15(21)18-8-4-7-17(9-10-18)11-14(19)20/h12-13H,1-11,16H2,(H,19,20). The molecule has 2 fully saturated rings. The molecule has 2 atom stereocenters. The summed E-state index contributed by atoms with van der Waals surface area (Å²) in [6.07, 6.45) is 6.05. The molecule has 6 heteroatoms. The fourth-order valence-electron chi connectivity index (χ4n) is 3.42. The number of carbonyl (C=O) groups excluding carboxylic acids is 1. The van der Waals surface area contributed by atoms with Crippen LogP contribution >= 0.6 is 0 Å². The van der Waals surface area contributed by atoms with Gasteiger partial charge in [-0.05, 0) is 19.3 Å².